The second-order valence-corrected chi connectivity index (χ2v) is 2.68. The Morgan fingerprint density at radius 1 is 1.70 bits per heavy atom. The van der Waals surface area contributed by atoms with Crippen molar-refractivity contribution in [3.8, 4) is 0 Å². The first-order valence-corrected chi connectivity index (χ1v) is 3.77. The fraction of sp³-hybridized carbons (Fsp3) is 0.857. The van der Waals surface area contributed by atoms with Crippen molar-refractivity contribution in [2.75, 3.05) is 6.61 Å². The Kier molecular flexibility index (Phi) is 2.54. The highest BCUT2D eigenvalue weighted by atomic mass is 16.6. The van der Waals surface area contributed by atoms with Crippen LogP contribution in [0, 0.1) is 5.92 Å². The zero-order valence-electron chi connectivity index (χ0n) is 6.34. The van der Waals surface area contributed by atoms with Crippen LogP contribution in [0.4, 0.5) is 0 Å². The summed E-state index contributed by atoms with van der Waals surface area (Å²) >= 11 is 0. The van der Waals surface area contributed by atoms with Crippen LogP contribution in [0.25, 0.3) is 0 Å². The molecule has 10 heavy (non-hydrogen) atoms. The van der Waals surface area contributed by atoms with Gasteiger partial charge in [-0.15, -0.1) is 0 Å². The van der Waals surface area contributed by atoms with E-state index >= 15 is 0 Å². The van der Waals surface area contributed by atoms with Crippen molar-refractivity contribution >= 4 is 5.84 Å². The Morgan fingerprint density at radius 3 is 2.90 bits per heavy atom. The summed E-state index contributed by atoms with van der Waals surface area (Å²) in [5.41, 5.74) is 5.40. The maximum Gasteiger partial charge on any atom is 0.139 e. The smallest absolute Gasteiger partial charge is 0.139 e. The molecule has 1 rings (SSSR count). The lowest BCUT2D eigenvalue weighted by Gasteiger charge is -1.96. The van der Waals surface area contributed by atoms with Crippen molar-refractivity contribution in [2.24, 2.45) is 16.8 Å². The minimum atomic E-state index is 0.584. The number of oxime groups is 1. The molecule has 1 aliphatic carbocycles. The third kappa shape index (κ3) is 2.71. The molecule has 0 bridgehead atoms. The summed E-state index contributed by atoms with van der Waals surface area (Å²) in [6, 6.07) is 0. The van der Waals surface area contributed by atoms with E-state index in [0.717, 1.165) is 18.9 Å². The molecule has 0 spiro atoms. The highest BCUT2D eigenvalue weighted by Gasteiger charge is 2.21. The van der Waals surface area contributed by atoms with E-state index in [2.05, 4.69) is 5.16 Å². The first kappa shape index (κ1) is 7.38. The Labute approximate surface area is 61.2 Å². The monoisotopic (exact) mass is 142 g/mol. The molecule has 58 valence electrons. The van der Waals surface area contributed by atoms with Gasteiger partial charge in [0.25, 0.3) is 0 Å². The Balaban J connectivity index is 2.01. The van der Waals surface area contributed by atoms with Crippen LogP contribution in [0.15, 0.2) is 5.16 Å². The third-order valence-corrected chi connectivity index (χ3v) is 1.55. The van der Waals surface area contributed by atoms with Gasteiger partial charge in [0.05, 0.1) is 0 Å². The number of nitrogens with two attached hydrogens (primary N) is 1. The van der Waals surface area contributed by atoms with Crippen LogP contribution in [-0.4, -0.2) is 12.4 Å². The Bertz CT molecular complexity index is 130. The SMILES string of the molecule is CC/C(N)=N/OCC1CC1. The number of hydrogen-bond acceptors (Lipinski definition) is 2. The second-order valence-electron chi connectivity index (χ2n) is 2.68. The minimum absolute atomic E-state index is 0.584. The van der Waals surface area contributed by atoms with Crippen LogP contribution in [0.1, 0.15) is 26.2 Å². The third-order valence-electron chi connectivity index (χ3n) is 1.55. The topological polar surface area (TPSA) is 47.6 Å². The minimum Gasteiger partial charge on any atom is -0.394 e. The molecule has 0 heterocycles. The number of nitrogens with zero attached hydrogens (tertiary/aromatic N) is 1. The van der Waals surface area contributed by atoms with E-state index in [4.69, 9.17) is 10.6 Å². The lowest BCUT2D eigenvalue weighted by molar-refractivity contribution is 0.133. The second kappa shape index (κ2) is 3.44. The van der Waals surface area contributed by atoms with E-state index in [-0.39, 0.29) is 0 Å². The molecule has 0 radical (unpaired) electrons. The maximum atomic E-state index is 5.40. The van der Waals surface area contributed by atoms with Crippen molar-refractivity contribution in [2.45, 2.75) is 26.2 Å². The van der Waals surface area contributed by atoms with E-state index in [0.29, 0.717) is 5.84 Å². The molecule has 1 aliphatic rings. The molecule has 1 saturated carbocycles. The van der Waals surface area contributed by atoms with E-state index in [1.807, 2.05) is 6.92 Å². The Hall–Kier alpha value is -0.730. The van der Waals surface area contributed by atoms with Gasteiger partial charge < -0.3 is 10.6 Å². The summed E-state index contributed by atoms with van der Waals surface area (Å²) in [7, 11) is 0. The van der Waals surface area contributed by atoms with Crippen LogP contribution in [-0.2, 0) is 4.84 Å². The number of hydrogen-bond donors (Lipinski definition) is 1. The van der Waals surface area contributed by atoms with Crippen LogP contribution in [0.2, 0.25) is 0 Å². The van der Waals surface area contributed by atoms with Gasteiger partial charge in [-0.1, -0.05) is 12.1 Å². The Morgan fingerprint density at radius 2 is 2.40 bits per heavy atom. The number of rotatable bonds is 4. The molecule has 0 amide bonds. The van der Waals surface area contributed by atoms with Crippen molar-refractivity contribution in [3.63, 3.8) is 0 Å². The van der Waals surface area contributed by atoms with Crippen molar-refractivity contribution in [3.05, 3.63) is 0 Å². The maximum absolute atomic E-state index is 5.40. The molecule has 1 fully saturated rings. The number of amidine groups is 1. The fourth-order valence-electron chi connectivity index (χ4n) is 0.575. The highest BCUT2D eigenvalue weighted by Crippen LogP contribution is 2.28. The molecule has 3 heteroatoms. The predicted octanol–water partition coefficient (Wildman–Crippen LogP) is 1.10. The molecular formula is C7H14N2O. The molecule has 2 N–H and O–H groups in total. The zero-order chi connectivity index (χ0) is 7.40. The van der Waals surface area contributed by atoms with E-state index in [9.17, 15) is 0 Å². The van der Waals surface area contributed by atoms with E-state index in [1.54, 1.807) is 0 Å². The summed E-state index contributed by atoms with van der Waals surface area (Å²) in [4.78, 5) is 4.97. The van der Waals surface area contributed by atoms with Gasteiger partial charge in [0.15, 0.2) is 0 Å². The van der Waals surface area contributed by atoms with E-state index < -0.39 is 0 Å². The summed E-state index contributed by atoms with van der Waals surface area (Å²) in [6.07, 6.45) is 3.35. The first-order chi connectivity index (χ1) is 4.83. The lowest BCUT2D eigenvalue weighted by atomic mass is 10.5. The summed E-state index contributed by atoms with van der Waals surface area (Å²) in [5.74, 6) is 1.34. The quantitative estimate of drug-likeness (QED) is 0.363. The largest absolute Gasteiger partial charge is 0.394 e. The summed E-state index contributed by atoms with van der Waals surface area (Å²) < 4.78 is 0. The van der Waals surface area contributed by atoms with Crippen LogP contribution >= 0.6 is 0 Å². The zero-order valence-corrected chi connectivity index (χ0v) is 6.34. The molecule has 0 aliphatic heterocycles. The molecule has 0 unspecified atom stereocenters. The molecular weight excluding hydrogens is 128 g/mol. The highest BCUT2D eigenvalue weighted by molar-refractivity contribution is 5.79. The van der Waals surface area contributed by atoms with Crippen molar-refractivity contribution in [1.29, 1.82) is 0 Å². The van der Waals surface area contributed by atoms with Gasteiger partial charge in [0, 0.05) is 6.42 Å². The average Bonchev–Trinajstić information content (AvgIpc) is 2.71. The van der Waals surface area contributed by atoms with Gasteiger partial charge in [-0.2, -0.15) is 0 Å². The van der Waals surface area contributed by atoms with Crippen molar-refractivity contribution < 1.29 is 4.84 Å². The fourth-order valence-corrected chi connectivity index (χ4v) is 0.575. The van der Waals surface area contributed by atoms with Crippen molar-refractivity contribution in [1.82, 2.24) is 0 Å². The molecule has 0 aromatic heterocycles. The van der Waals surface area contributed by atoms with Gasteiger partial charge in [-0.25, -0.2) is 0 Å². The van der Waals surface area contributed by atoms with Gasteiger partial charge in [0.2, 0.25) is 0 Å². The lowest BCUT2D eigenvalue weighted by Crippen LogP contribution is -2.10. The predicted molar refractivity (Wildman–Crippen MR) is 40.6 cm³/mol. The molecule has 0 atom stereocenters. The van der Waals surface area contributed by atoms with E-state index in [1.165, 1.54) is 12.8 Å². The standard InChI is InChI=1S/C7H14N2O/c1-2-7(8)9-10-5-6-3-4-6/h6H,2-5H2,1H3,(H2,8,9). The van der Waals surface area contributed by atoms with Crippen LogP contribution in [0.5, 0.6) is 0 Å². The molecule has 0 aromatic carbocycles. The summed E-state index contributed by atoms with van der Waals surface area (Å²) in [5, 5.41) is 3.72. The first-order valence-electron chi connectivity index (χ1n) is 3.77. The molecule has 0 aromatic rings. The van der Waals surface area contributed by atoms with Gasteiger partial charge in [-0.05, 0) is 18.8 Å². The summed E-state index contributed by atoms with van der Waals surface area (Å²) in [6.45, 7) is 2.71. The molecule has 0 saturated heterocycles. The average molecular weight is 142 g/mol. The van der Waals surface area contributed by atoms with Crippen LogP contribution < -0.4 is 5.73 Å². The normalized spacial score (nSPS) is 19.1. The van der Waals surface area contributed by atoms with Gasteiger partial charge >= 0.3 is 0 Å². The van der Waals surface area contributed by atoms with Crippen LogP contribution in [0.3, 0.4) is 0 Å². The molecule has 3 nitrogen and oxygen atoms in total. The van der Waals surface area contributed by atoms with Gasteiger partial charge in [-0.3, -0.25) is 0 Å². The van der Waals surface area contributed by atoms with Gasteiger partial charge in [0.1, 0.15) is 12.4 Å².